The fraction of sp³-hybridized carbons (Fsp3) is 0.400. The van der Waals surface area contributed by atoms with E-state index in [1.807, 2.05) is 94.4 Å². The fourth-order valence-electron chi connectivity index (χ4n) is 4.27. The molecule has 8 heteroatoms. The van der Waals surface area contributed by atoms with Crippen molar-refractivity contribution in [2.45, 2.75) is 38.7 Å². The maximum absolute atomic E-state index is 14.0. The Labute approximate surface area is 235 Å². The van der Waals surface area contributed by atoms with Crippen LogP contribution in [0.25, 0.3) is 10.8 Å². The molecule has 1 unspecified atom stereocenters. The van der Waals surface area contributed by atoms with Gasteiger partial charge in [-0.15, -0.1) is 0 Å². The summed E-state index contributed by atoms with van der Waals surface area (Å²) in [7, 11) is 4.05. The van der Waals surface area contributed by atoms with Gasteiger partial charge in [0.05, 0.1) is 10.0 Å². The molecule has 1 atom stereocenters. The maximum Gasteiger partial charge on any atom is 0.407 e. The molecule has 3 aromatic carbocycles. The molecule has 3 rings (SSSR count). The van der Waals surface area contributed by atoms with Crippen molar-refractivity contribution < 1.29 is 14.3 Å². The third-order valence-corrected chi connectivity index (χ3v) is 6.88. The fourth-order valence-corrected chi connectivity index (χ4v) is 4.58. The highest BCUT2D eigenvalue weighted by Gasteiger charge is 2.24. The molecule has 0 saturated carbocycles. The van der Waals surface area contributed by atoms with E-state index >= 15 is 0 Å². The predicted molar refractivity (Wildman–Crippen MR) is 156 cm³/mol. The number of amides is 2. The molecule has 3 aromatic rings. The number of benzene rings is 3. The van der Waals surface area contributed by atoms with Gasteiger partial charge in [0.2, 0.25) is 0 Å². The molecule has 0 aromatic heterocycles. The molecular weight excluding hydrogens is 521 g/mol. The van der Waals surface area contributed by atoms with E-state index in [0.717, 1.165) is 29.3 Å². The average molecular weight is 559 g/mol. The molecule has 0 spiro atoms. The molecule has 38 heavy (non-hydrogen) atoms. The van der Waals surface area contributed by atoms with Gasteiger partial charge in [-0.1, -0.05) is 65.7 Å². The van der Waals surface area contributed by atoms with E-state index in [2.05, 4.69) is 10.2 Å². The lowest BCUT2D eigenvalue weighted by molar-refractivity contribution is 0.0512. The summed E-state index contributed by atoms with van der Waals surface area (Å²) in [5.41, 5.74) is 1.03. The zero-order valence-corrected chi connectivity index (χ0v) is 24.3. The number of fused-ring (bicyclic) bond motifs is 1. The first kappa shape index (κ1) is 29.8. The molecule has 0 bridgehead atoms. The molecule has 0 aliphatic carbocycles. The number of halogens is 2. The van der Waals surface area contributed by atoms with Gasteiger partial charge in [-0.05, 0) is 82.4 Å². The number of nitrogens with zero attached hydrogens (tertiary/aromatic N) is 2. The SMILES string of the molecule is CN(C)CCC(CN(CCNC(=O)OC(C)(C)C)C(=O)c1cccc2ccccc12)c1ccc(Cl)c(Cl)c1. The number of alkyl carbamates (subject to hydrolysis) is 1. The Kier molecular flexibility index (Phi) is 10.4. The minimum absolute atomic E-state index is 0.00706. The van der Waals surface area contributed by atoms with E-state index in [0.29, 0.717) is 28.7 Å². The van der Waals surface area contributed by atoms with Gasteiger partial charge in [0.25, 0.3) is 5.91 Å². The first-order chi connectivity index (χ1) is 17.9. The van der Waals surface area contributed by atoms with Crippen molar-refractivity contribution in [1.29, 1.82) is 0 Å². The van der Waals surface area contributed by atoms with Gasteiger partial charge in [0.15, 0.2) is 0 Å². The lowest BCUT2D eigenvalue weighted by Gasteiger charge is -2.30. The summed E-state index contributed by atoms with van der Waals surface area (Å²) in [6.07, 6.45) is 0.299. The van der Waals surface area contributed by atoms with Gasteiger partial charge >= 0.3 is 6.09 Å². The third kappa shape index (κ3) is 8.62. The topological polar surface area (TPSA) is 61.9 Å². The molecular formula is C30H37Cl2N3O3. The number of nitrogens with one attached hydrogen (secondary N) is 1. The average Bonchev–Trinajstić information content (AvgIpc) is 2.85. The standard InChI is InChI=1S/C30H37Cl2N3O3/c1-30(2,3)38-29(37)33-16-18-35(28(36)25-12-8-10-21-9-6-7-11-24(21)25)20-23(15-17-34(4)5)22-13-14-26(31)27(32)19-22/h6-14,19,23H,15-18,20H2,1-5H3,(H,33,37). The Morgan fingerprint density at radius 2 is 1.66 bits per heavy atom. The summed E-state index contributed by atoms with van der Waals surface area (Å²) in [5, 5.41) is 5.66. The molecule has 0 aliphatic rings. The number of carbonyl (C=O) groups excluding carboxylic acids is 2. The van der Waals surface area contributed by atoms with E-state index in [1.165, 1.54) is 0 Å². The number of hydrogen-bond acceptors (Lipinski definition) is 4. The first-order valence-corrected chi connectivity index (χ1v) is 13.5. The van der Waals surface area contributed by atoms with Crippen molar-refractivity contribution in [2.24, 2.45) is 0 Å². The molecule has 0 radical (unpaired) electrons. The molecule has 0 fully saturated rings. The Morgan fingerprint density at radius 3 is 2.34 bits per heavy atom. The van der Waals surface area contributed by atoms with E-state index in [4.69, 9.17) is 27.9 Å². The Balaban J connectivity index is 1.91. The van der Waals surface area contributed by atoms with Crippen LogP contribution in [0.3, 0.4) is 0 Å². The second-order valence-corrected chi connectivity index (χ2v) is 11.5. The highest BCUT2D eigenvalue weighted by molar-refractivity contribution is 6.42. The number of carbonyl (C=O) groups is 2. The third-order valence-electron chi connectivity index (χ3n) is 6.14. The summed E-state index contributed by atoms with van der Waals surface area (Å²) in [6, 6.07) is 19.2. The van der Waals surface area contributed by atoms with E-state index < -0.39 is 11.7 Å². The molecule has 2 amide bonds. The van der Waals surface area contributed by atoms with Crippen LogP contribution in [-0.4, -0.2) is 67.7 Å². The monoisotopic (exact) mass is 557 g/mol. The quantitative estimate of drug-likeness (QED) is 0.296. The minimum Gasteiger partial charge on any atom is -0.444 e. The second-order valence-electron chi connectivity index (χ2n) is 10.7. The zero-order valence-electron chi connectivity index (χ0n) is 22.8. The predicted octanol–water partition coefficient (Wildman–Crippen LogP) is 6.85. The summed E-state index contributed by atoms with van der Waals surface area (Å²) < 4.78 is 5.38. The van der Waals surface area contributed by atoms with Crippen molar-refractivity contribution in [3.8, 4) is 0 Å². The van der Waals surface area contributed by atoms with E-state index in [9.17, 15) is 9.59 Å². The van der Waals surface area contributed by atoms with Gasteiger partial charge < -0.3 is 19.9 Å². The van der Waals surface area contributed by atoms with Crippen LogP contribution < -0.4 is 5.32 Å². The van der Waals surface area contributed by atoms with Crippen LogP contribution in [0.1, 0.15) is 49.0 Å². The number of hydrogen-bond donors (Lipinski definition) is 1. The maximum atomic E-state index is 14.0. The van der Waals surface area contributed by atoms with Crippen LogP contribution in [-0.2, 0) is 4.74 Å². The van der Waals surface area contributed by atoms with Crippen molar-refractivity contribution in [2.75, 3.05) is 40.3 Å². The highest BCUT2D eigenvalue weighted by atomic mass is 35.5. The van der Waals surface area contributed by atoms with Crippen molar-refractivity contribution >= 4 is 46.0 Å². The summed E-state index contributed by atoms with van der Waals surface area (Å²) in [5.74, 6) is -0.0877. The smallest absolute Gasteiger partial charge is 0.407 e. The van der Waals surface area contributed by atoms with Crippen LogP contribution in [0.15, 0.2) is 60.7 Å². The van der Waals surface area contributed by atoms with E-state index in [-0.39, 0.29) is 18.4 Å². The highest BCUT2D eigenvalue weighted by Crippen LogP contribution is 2.30. The van der Waals surface area contributed by atoms with Crippen molar-refractivity contribution in [1.82, 2.24) is 15.1 Å². The Hall–Kier alpha value is -2.80. The van der Waals surface area contributed by atoms with Gasteiger partial charge in [0.1, 0.15) is 5.60 Å². The van der Waals surface area contributed by atoms with Gasteiger partial charge in [0, 0.05) is 31.1 Å². The lowest BCUT2D eigenvalue weighted by atomic mass is 9.94. The van der Waals surface area contributed by atoms with E-state index in [1.54, 1.807) is 6.07 Å². The Morgan fingerprint density at radius 1 is 0.947 bits per heavy atom. The lowest BCUT2D eigenvalue weighted by Crippen LogP contribution is -2.42. The molecule has 0 aliphatic heterocycles. The number of rotatable bonds is 10. The molecule has 0 saturated heterocycles. The summed E-state index contributed by atoms with van der Waals surface area (Å²) in [4.78, 5) is 30.2. The minimum atomic E-state index is -0.604. The van der Waals surface area contributed by atoms with Crippen LogP contribution in [0.2, 0.25) is 10.0 Å². The van der Waals surface area contributed by atoms with Gasteiger partial charge in [-0.25, -0.2) is 4.79 Å². The molecule has 6 nitrogen and oxygen atoms in total. The molecule has 0 heterocycles. The zero-order chi connectivity index (χ0) is 27.9. The largest absolute Gasteiger partial charge is 0.444 e. The normalized spacial score (nSPS) is 12.4. The first-order valence-electron chi connectivity index (χ1n) is 12.8. The van der Waals surface area contributed by atoms with Gasteiger partial charge in [-0.2, -0.15) is 0 Å². The second kappa shape index (κ2) is 13.3. The van der Waals surface area contributed by atoms with Crippen LogP contribution in [0.4, 0.5) is 4.79 Å². The van der Waals surface area contributed by atoms with Crippen LogP contribution >= 0.6 is 23.2 Å². The molecule has 1 N–H and O–H groups in total. The summed E-state index contributed by atoms with van der Waals surface area (Å²) >= 11 is 12.6. The summed E-state index contributed by atoms with van der Waals surface area (Å²) in [6.45, 7) is 7.30. The van der Waals surface area contributed by atoms with Crippen LogP contribution in [0.5, 0.6) is 0 Å². The van der Waals surface area contributed by atoms with Crippen LogP contribution in [0, 0.1) is 0 Å². The number of ether oxygens (including phenoxy) is 1. The van der Waals surface area contributed by atoms with Gasteiger partial charge in [-0.3, -0.25) is 4.79 Å². The van der Waals surface area contributed by atoms with Crippen molar-refractivity contribution in [3.05, 3.63) is 81.8 Å². The Bertz CT molecular complexity index is 1250. The molecule has 204 valence electrons. The van der Waals surface area contributed by atoms with Crippen molar-refractivity contribution in [3.63, 3.8) is 0 Å².